The van der Waals surface area contributed by atoms with Gasteiger partial charge in [-0.05, 0) is 42.8 Å². The maximum Gasteiger partial charge on any atom is 0.254 e. The fraction of sp³-hybridized carbons (Fsp3) is 0.222. The predicted molar refractivity (Wildman–Crippen MR) is 87.0 cm³/mol. The van der Waals surface area contributed by atoms with Crippen molar-refractivity contribution >= 4 is 5.91 Å². The van der Waals surface area contributed by atoms with Gasteiger partial charge in [-0.3, -0.25) is 9.48 Å². The van der Waals surface area contributed by atoms with E-state index in [9.17, 15) is 4.79 Å². The molecule has 5 heteroatoms. The van der Waals surface area contributed by atoms with E-state index in [2.05, 4.69) is 5.10 Å². The summed E-state index contributed by atoms with van der Waals surface area (Å²) in [6.45, 7) is 3.05. The second-order valence-electron chi connectivity index (χ2n) is 5.57. The summed E-state index contributed by atoms with van der Waals surface area (Å²) >= 11 is 0. The second kappa shape index (κ2) is 6.52. The van der Waals surface area contributed by atoms with E-state index in [1.54, 1.807) is 18.1 Å². The lowest BCUT2D eigenvalue weighted by atomic mass is 10.1. The number of carbonyl (C=O) groups is 1. The minimum atomic E-state index is -0.0234. The lowest BCUT2D eigenvalue weighted by Gasteiger charge is -2.16. The summed E-state index contributed by atoms with van der Waals surface area (Å²) < 4.78 is 7.36. The zero-order valence-corrected chi connectivity index (χ0v) is 13.3. The van der Waals surface area contributed by atoms with Crippen LogP contribution >= 0.6 is 0 Å². The van der Waals surface area contributed by atoms with Gasteiger partial charge in [-0.15, -0.1) is 0 Å². The highest BCUT2D eigenvalue weighted by atomic mass is 16.3. The van der Waals surface area contributed by atoms with Crippen LogP contribution in [0.2, 0.25) is 0 Å². The first-order valence-corrected chi connectivity index (χ1v) is 7.49. The quantitative estimate of drug-likeness (QED) is 0.727. The summed E-state index contributed by atoms with van der Waals surface area (Å²) in [6.07, 6.45) is 3.67. The molecule has 1 aromatic carbocycles. The average molecular weight is 309 g/mol. The molecule has 5 nitrogen and oxygen atoms in total. The number of nitrogens with zero attached hydrogens (tertiary/aromatic N) is 3. The van der Waals surface area contributed by atoms with Crippen molar-refractivity contribution in [2.24, 2.45) is 0 Å². The average Bonchev–Trinajstić information content (AvgIpc) is 3.19. The number of rotatable bonds is 5. The van der Waals surface area contributed by atoms with Gasteiger partial charge in [0.25, 0.3) is 5.91 Å². The molecule has 0 aliphatic rings. The van der Waals surface area contributed by atoms with E-state index in [4.69, 9.17) is 4.42 Å². The van der Waals surface area contributed by atoms with Crippen molar-refractivity contribution in [3.63, 3.8) is 0 Å². The highest BCUT2D eigenvalue weighted by Gasteiger charge is 2.13. The number of amides is 1. The highest BCUT2D eigenvalue weighted by Crippen LogP contribution is 2.12. The van der Waals surface area contributed by atoms with E-state index in [-0.39, 0.29) is 5.91 Å². The molecule has 23 heavy (non-hydrogen) atoms. The Morgan fingerprint density at radius 1 is 1.22 bits per heavy atom. The maximum absolute atomic E-state index is 12.5. The Bertz CT molecular complexity index is 773. The molecule has 0 saturated heterocycles. The summed E-state index contributed by atoms with van der Waals surface area (Å²) in [5, 5.41) is 4.18. The molecule has 0 aliphatic carbocycles. The zero-order valence-electron chi connectivity index (χ0n) is 13.3. The molecule has 0 N–H and O–H groups in total. The summed E-state index contributed by atoms with van der Waals surface area (Å²) in [7, 11) is 1.78. The summed E-state index contributed by atoms with van der Waals surface area (Å²) in [6, 6.07) is 13.3. The molecule has 0 spiro atoms. The molecule has 0 saturated carbocycles. The third-order valence-electron chi connectivity index (χ3n) is 3.64. The van der Waals surface area contributed by atoms with Gasteiger partial charge < -0.3 is 9.32 Å². The van der Waals surface area contributed by atoms with E-state index in [0.29, 0.717) is 18.7 Å². The normalized spacial score (nSPS) is 10.7. The van der Waals surface area contributed by atoms with Crippen LogP contribution in [0.5, 0.6) is 0 Å². The first-order chi connectivity index (χ1) is 11.1. The predicted octanol–water partition coefficient (Wildman–Crippen LogP) is 3.11. The molecule has 118 valence electrons. The summed E-state index contributed by atoms with van der Waals surface area (Å²) in [5.74, 6) is 1.61. The minimum Gasteiger partial charge on any atom is -0.464 e. The number of aromatic nitrogens is 2. The van der Waals surface area contributed by atoms with Crippen molar-refractivity contribution in [3.8, 4) is 0 Å². The Morgan fingerprint density at radius 3 is 2.61 bits per heavy atom. The Labute approximate surface area is 135 Å². The molecular formula is C18H19N3O2. The Balaban J connectivity index is 1.64. The number of hydrogen-bond donors (Lipinski definition) is 0. The molecule has 0 aliphatic heterocycles. The SMILES string of the molecule is Cc1ccc(CN(C)C(=O)c2ccc(Cn3cccn3)cc2)o1. The van der Waals surface area contributed by atoms with E-state index in [1.165, 1.54) is 0 Å². The fourth-order valence-corrected chi connectivity index (χ4v) is 2.43. The lowest BCUT2D eigenvalue weighted by molar-refractivity contribution is 0.0775. The molecule has 1 amide bonds. The topological polar surface area (TPSA) is 51.3 Å². The molecule has 2 heterocycles. The van der Waals surface area contributed by atoms with E-state index in [0.717, 1.165) is 17.1 Å². The van der Waals surface area contributed by atoms with Gasteiger partial charge in [0.05, 0.1) is 13.1 Å². The van der Waals surface area contributed by atoms with Gasteiger partial charge in [-0.1, -0.05) is 12.1 Å². The van der Waals surface area contributed by atoms with Crippen LogP contribution in [0.25, 0.3) is 0 Å². The molecule has 0 radical (unpaired) electrons. The number of furan rings is 1. The van der Waals surface area contributed by atoms with Gasteiger partial charge in [-0.2, -0.15) is 5.10 Å². The van der Waals surface area contributed by atoms with Crippen molar-refractivity contribution in [1.29, 1.82) is 0 Å². The summed E-state index contributed by atoms with van der Waals surface area (Å²) in [4.78, 5) is 14.1. The lowest BCUT2D eigenvalue weighted by Crippen LogP contribution is -2.26. The Hall–Kier alpha value is -2.82. The fourth-order valence-electron chi connectivity index (χ4n) is 2.43. The van der Waals surface area contributed by atoms with Crippen molar-refractivity contribution in [1.82, 2.24) is 14.7 Å². The van der Waals surface area contributed by atoms with Crippen molar-refractivity contribution in [2.45, 2.75) is 20.0 Å². The number of hydrogen-bond acceptors (Lipinski definition) is 3. The largest absolute Gasteiger partial charge is 0.464 e. The van der Waals surface area contributed by atoms with Gasteiger partial charge in [0.1, 0.15) is 11.5 Å². The van der Waals surface area contributed by atoms with Crippen molar-refractivity contribution < 1.29 is 9.21 Å². The van der Waals surface area contributed by atoms with Gasteiger partial charge in [-0.25, -0.2) is 0 Å². The number of benzene rings is 1. The van der Waals surface area contributed by atoms with E-state index in [1.807, 2.05) is 60.3 Å². The standard InChI is InChI=1S/C18H19N3O2/c1-14-4-9-17(23-14)13-20(2)18(22)16-7-5-15(6-8-16)12-21-11-3-10-19-21/h3-11H,12-13H2,1-2H3. The Morgan fingerprint density at radius 2 is 2.00 bits per heavy atom. The third-order valence-corrected chi connectivity index (χ3v) is 3.64. The Kier molecular flexibility index (Phi) is 4.28. The molecule has 0 atom stereocenters. The van der Waals surface area contributed by atoms with Crippen LogP contribution in [0, 0.1) is 6.92 Å². The van der Waals surface area contributed by atoms with Crippen LogP contribution in [0.15, 0.2) is 59.3 Å². The maximum atomic E-state index is 12.5. The van der Waals surface area contributed by atoms with E-state index < -0.39 is 0 Å². The van der Waals surface area contributed by atoms with Crippen molar-refractivity contribution in [2.75, 3.05) is 7.05 Å². The van der Waals surface area contributed by atoms with E-state index >= 15 is 0 Å². The molecule has 0 bridgehead atoms. The van der Waals surface area contributed by atoms with Gasteiger partial charge in [0, 0.05) is 25.0 Å². The first kappa shape index (κ1) is 15.1. The molecule has 3 aromatic rings. The van der Waals surface area contributed by atoms with Crippen molar-refractivity contribution in [3.05, 3.63) is 77.5 Å². The molecule has 3 rings (SSSR count). The molecular weight excluding hydrogens is 290 g/mol. The monoisotopic (exact) mass is 309 g/mol. The zero-order chi connectivity index (χ0) is 16.2. The van der Waals surface area contributed by atoms with Crippen LogP contribution in [-0.2, 0) is 13.1 Å². The first-order valence-electron chi connectivity index (χ1n) is 7.49. The molecule has 2 aromatic heterocycles. The third kappa shape index (κ3) is 3.69. The van der Waals surface area contributed by atoms with Gasteiger partial charge in [0.15, 0.2) is 0 Å². The van der Waals surface area contributed by atoms with Crippen LogP contribution in [-0.4, -0.2) is 27.6 Å². The van der Waals surface area contributed by atoms with Crippen LogP contribution in [0.1, 0.15) is 27.4 Å². The number of carbonyl (C=O) groups excluding carboxylic acids is 1. The van der Waals surface area contributed by atoms with Crippen LogP contribution < -0.4 is 0 Å². The van der Waals surface area contributed by atoms with Gasteiger partial charge in [0.2, 0.25) is 0 Å². The van der Waals surface area contributed by atoms with Gasteiger partial charge >= 0.3 is 0 Å². The summed E-state index contributed by atoms with van der Waals surface area (Å²) in [5.41, 5.74) is 1.77. The van der Waals surface area contributed by atoms with Crippen LogP contribution in [0.3, 0.4) is 0 Å². The number of aryl methyl sites for hydroxylation is 1. The molecule has 0 fully saturated rings. The minimum absolute atomic E-state index is 0.0234. The second-order valence-corrected chi connectivity index (χ2v) is 5.57. The highest BCUT2D eigenvalue weighted by molar-refractivity contribution is 5.94. The molecule has 0 unspecified atom stereocenters. The van der Waals surface area contributed by atoms with Crippen LogP contribution in [0.4, 0.5) is 0 Å². The smallest absolute Gasteiger partial charge is 0.254 e.